The van der Waals surface area contributed by atoms with Gasteiger partial charge in [-0.05, 0) is 30.9 Å². The van der Waals surface area contributed by atoms with Crippen molar-refractivity contribution in [2.45, 2.75) is 58.9 Å². The zero-order valence-electron chi connectivity index (χ0n) is 16.0. The van der Waals surface area contributed by atoms with E-state index in [2.05, 4.69) is 31.4 Å². The molecule has 2 fully saturated rings. The zero-order valence-corrected chi connectivity index (χ0v) is 18.3. The fourth-order valence-corrected chi connectivity index (χ4v) is 4.28. The van der Waals surface area contributed by atoms with Crippen LogP contribution in [0.2, 0.25) is 0 Å². The lowest BCUT2D eigenvalue weighted by molar-refractivity contribution is -0.188. The summed E-state index contributed by atoms with van der Waals surface area (Å²) in [6, 6.07) is 8.34. The van der Waals surface area contributed by atoms with Crippen molar-refractivity contribution in [2.24, 2.45) is 16.3 Å². The van der Waals surface area contributed by atoms with Gasteiger partial charge in [0, 0.05) is 30.5 Å². The summed E-state index contributed by atoms with van der Waals surface area (Å²) in [5.74, 6) is 1.43. The second kappa shape index (κ2) is 9.37. The van der Waals surface area contributed by atoms with Gasteiger partial charge in [0.05, 0.1) is 19.3 Å². The lowest BCUT2D eigenvalue weighted by Crippen LogP contribution is -2.71. The van der Waals surface area contributed by atoms with Gasteiger partial charge in [0.1, 0.15) is 0 Å². The molecule has 5 nitrogen and oxygen atoms in total. The molecule has 146 valence electrons. The van der Waals surface area contributed by atoms with Crippen LogP contribution in [-0.2, 0) is 17.9 Å². The first-order valence-electron chi connectivity index (χ1n) is 9.41. The number of ether oxygens (including phenoxy) is 1. The average molecular weight is 473 g/mol. The second-order valence-electron chi connectivity index (χ2n) is 7.71. The van der Waals surface area contributed by atoms with Crippen LogP contribution in [0.5, 0.6) is 0 Å². The van der Waals surface area contributed by atoms with Crippen molar-refractivity contribution in [3.8, 4) is 0 Å². The maximum atomic E-state index is 9.28. The van der Waals surface area contributed by atoms with Gasteiger partial charge in [0.2, 0.25) is 0 Å². The predicted molar refractivity (Wildman–Crippen MR) is 116 cm³/mol. The third-order valence-corrected chi connectivity index (χ3v) is 5.56. The molecule has 1 saturated heterocycles. The number of halogens is 1. The highest BCUT2D eigenvalue weighted by atomic mass is 127. The van der Waals surface area contributed by atoms with Gasteiger partial charge in [0.25, 0.3) is 0 Å². The summed E-state index contributed by atoms with van der Waals surface area (Å²) in [5, 5.41) is 16.3. The lowest BCUT2D eigenvalue weighted by Gasteiger charge is -2.60. The number of nitrogens with one attached hydrogen (secondary N) is 2. The number of rotatable bonds is 5. The van der Waals surface area contributed by atoms with Crippen molar-refractivity contribution in [1.82, 2.24) is 10.6 Å². The van der Waals surface area contributed by atoms with Gasteiger partial charge in [-0.15, -0.1) is 24.0 Å². The van der Waals surface area contributed by atoms with Gasteiger partial charge in [-0.2, -0.15) is 0 Å². The van der Waals surface area contributed by atoms with E-state index in [9.17, 15) is 5.11 Å². The molecule has 2 aliphatic rings. The summed E-state index contributed by atoms with van der Waals surface area (Å²) in [7, 11) is 0. The molecule has 1 aromatic rings. The van der Waals surface area contributed by atoms with Crippen molar-refractivity contribution in [1.29, 1.82) is 0 Å². The molecule has 1 heterocycles. The minimum Gasteiger partial charge on any atom is -0.392 e. The molecule has 3 atom stereocenters. The Balaban J connectivity index is 0.00000243. The molecule has 3 unspecified atom stereocenters. The molecule has 26 heavy (non-hydrogen) atoms. The first kappa shape index (κ1) is 21.4. The first-order valence-corrected chi connectivity index (χ1v) is 9.41. The van der Waals surface area contributed by atoms with E-state index >= 15 is 0 Å². The summed E-state index contributed by atoms with van der Waals surface area (Å²) in [6.45, 7) is 9.04. The normalized spacial score (nSPS) is 26.9. The van der Waals surface area contributed by atoms with Crippen LogP contribution in [0, 0.1) is 11.3 Å². The Hall–Kier alpha value is -0.860. The second-order valence-corrected chi connectivity index (χ2v) is 7.71. The summed E-state index contributed by atoms with van der Waals surface area (Å²) in [5.41, 5.74) is 2.15. The third kappa shape index (κ3) is 4.51. The van der Waals surface area contributed by atoms with Gasteiger partial charge in [-0.3, -0.25) is 0 Å². The zero-order chi connectivity index (χ0) is 17.9. The molecule has 0 spiro atoms. The largest absolute Gasteiger partial charge is 0.392 e. The number of aliphatic hydroxyl groups is 1. The molecule has 0 aromatic heterocycles. The van der Waals surface area contributed by atoms with E-state index in [1.54, 1.807) is 0 Å². The maximum Gasteiger partial charge on any atom is 0.191 e. The Kier molecular flexibility index (Phi) is 7.73. The van der Waals surface area contributed by atoms with E-state index in [4.69, 9.17) is 9.73 Å². The molecule has 0 amide bonds. The molecule has 3 rings (SSSR count). The number of guanidine groups is 1. The van der Waals surface area contributed by atoms with Gasteiger partial charge in [-0.1, -0.05) is 38.1 Å². The summed E-state index contributed by atoms with van der Waals surface area (Å²) >= 11 is 0. The minimum atomic E-state index is 0. The molecule has 1 aliphatic heterocycles. The van der Waals surface area contributed by atoms with Crippen molar-refractivity contribution >= 4 is 29.9 Å². The highest BCUT2D eigenvalue weighted by Gasteiger charge is 2.58. The molecular weight excluding hydrogens is 441 g/mol. The topological polar surface area (TPSA) is 65.9 Å². The third-order valence-electron chi connectivity index (χ3n) is 5.56. The summed E-state index contributed by atoms with van der Waals surface area (Å²) in [6.07, 6.45) is 2.74. The first-order chi connectivity index (χ1) is 12.1. The van der Waals surface area contributed by atoms with E-state index in [1.165, 1.54) is 6.42 Å². The van der Waals surface area contributed by atoms with E-state index in [-0.39, 0.29) is 36.0 Å². The number of aliphatic imine (C=N–C) groups is 1. The highest BCUT2D eigenvalue weighted by molar-refractivity contribution is 14.0. The standard InChI is InChI=1S/C20H31N3O2.HI/c1-4-21-19(22-12-14-7-5-8-15(11-14)13-24)23-17-16-9-6-10-25-18(16)20(17,2)3;/h5,7-8,11,16-18,24H,4,6,9-10,12-13H2,1-3H3,(H2,21,22,23);1H. The van der Waals surface area contributed by atoms with E-state index in [0.717, 1.165) is 36.7 Å². The number of hydrogen-bond acceptors (Lipinski definition) is 3. The van der Waals surface area contributed by atoms with Crippen molar-refractivity contribution in [3.05, 3.63) is 35.4 Å². The molecule has 3 N–H and O–H groups in total. The van der Waals surface area contributed by atoms with Gasteiger partial charge >= 0.3 is 0 Å². The van der Waals surface area contributed by atoms with Gasteiger partial charge in [-0.25, -0.2) is 4.99 Å². The molecule has 1 saturated carbocycles. The SMILES string of the molecule is CCNC(=NCc1cccc(CO)c1)NC1C2CCCOC2C1(C)C.I. The maximum absolute atomic E-state index is 9.28. The fraction of sp³-hybridized carbons (Fsp3) is 0.650. The number of aliphatic hydroxyl groups excluding tert-OH is 1. The highest BCUT2D eigenvalue weighted by Crippen LogP contribution is 2.51. The monoisotopic (exact) mass is 473 g/mol. The average Bonchev–Trinajstić information content (AvgIpc) is 2.64. The Labute approximate surface area is 174 Å². The molecule has 1 aliphatic carbocycles. The van der Waals surface area contributed by atoms with Crippen LogP contribution in [0.1, 0.15) is 44.7 Å². The lowest BCUT2D eigenvalue weighted by atomic mass is 9.55. The van der Waals surface area contributed by atoms with Crippen LogP contribution in [-0.4, -0.2) is 36.4 Å². The number of benzene rings is 1. The van der Waals surface area contributed by atoms with E-state index < -0.39 is 0 Å². The Morgan fingerprint density at radius 1 is 1.35 bits per heavy atom. The van der Waals surface area contributed by atoms with Crippen LogP contribution in [0.25, 0.3) is 0 Å². The van der Waals surface area contributed by atoms with Crippen molar-refractivity contribution in [2.75, 3.05) is 13.2 Å². The smallest absolute Gasteiger partial charge is 0.191 e. The van der Waals surface area contributed by atoms with Crippen molar-refractivity contribution < 1.29 is 9.84 Å². The van der Waals surface area contributed by atoms with Crippen LogP contribution >= 0.6 is 24.0 Å². The van der Waals surface area contributed by atoms with E-state index in [1.807, 2.05) is 24.3 Å². The minimum absolute atomic E-state index is 0. The van der Waals surface area contributed by atoms with Crippen molar-refractivity contribution in [3.63, 3.8) is 0 Å². The molecule has 0 bridgehead atoms. The molecule has 0 radical (unpaired) electrons. The molecule has 6 heteroatoms. The quantitative estimate of drug-likeness (QED) is 0.350. The van der Waals surface area contributed by atoms with E-state index in [0.29, 0.717) is 24.6 Å². The van der Waals surface area contributed by atoms with Gasteiger partial charge in [0.15, 0.2) is 5.96 Å². The fourth-order valence-electron chi connectivity index (χ4n) is 4.28. The van der Waals surface area contributed by atoms with Crippen LogP contribution < -0.4 is 10.6 Å². The van der Waals surface area contributed by atoms with Crippen LogP contribution in [0.4, 0.5) is 0 Å². The number of fused-ring (bicyclic) bond motifs is 1. The number of nitrogens with zero attached hydrogens (tertiary/aromatic N) is 1. The van der Waals surface area contributed by atoms with Crippen LogP contribution in [0.15, 0.2) is 29.3 Å². The molecular formula is C20H32IN3O2. The summed E-state index contributed by atoms with van der Waals surface area (Å²) < 4.78 is 5.99. The predicted octanol–water partition coefficient (Wildman–Crippen LogP) is 3.06. The summed E-state index contributed by atoms with van der Waals surface area (Å²) in [4.78, 5) is 4.76. The molecule has 1 aromatic carbocycles. The number of hydrogen-bond donors (Lipinski definition) is 3. The van der Waals surface area contributed by atoms with Crippen LogP contribution in [0.3, 0.4) is 0 Å². The Morgan fingerprint density at radius 3 is 2.85 bits per heavy atom. The Morgan fingerprint density at radius 2 is 2.12 bits per heavy atom. The Bertz CT molecular complexity index is 621. The van der Waals surface area contributed by atoms with Gasteiger partial charge < -0.3 is 20.5 Å².